The lowest BCUT2D eigenvalue weighted by Gasteiger charge is -2.22. The Balaban J connectivity index is 2.20. The summed E-state index contributed by atoms with van der Waals surface area (Å²) in [4.78, 5) is 1.40. The van der Waals surface area contributed by atoms with E-state index in [4.69, 9.17) is 4.74 Å². The van der Waals surface area contributed by atoms with Crippen LogP contribution in [0.5, 0.6) is 5.75 Å². The van der Waals surface area contributed by atoms with E-state index in [1.165, 1.54) is 36.1 Å². The molecule has 2 nitrogen and oxygen atoms in total. The number of ether oxygens (including phenoxy) is 1. The topological polar surface area (TPSA) is 21.3 Å². The molecule has 2 rings (SSSR count). The molecule has 20 heavy (non-hydrogen) atoms. The van der Waals surface area contributed by atoms with E-state index in [1.807, 2.05) is 11.8 Å². The van der Waals surface area contributed by atoms with Crippen molar-refractivity contribution in [2.45, 2.75) is 62.1 Å². The number of hydrogen-bond donors (Lipinski definition) is 1. The molecule has 0 radical (unpaired) electrons. The molecular weight excluding hydrogens is 266 g/mol. The van der Waals surface area contributed by atoms with Crippen LogP contribution >= 0.6 is 11.8 Å². The zero-order chi connectivity index (χ0) is 14.4. The van der Waals surface area contributed by atoms with E-state index in [0.717, 1.165) is 24.0 Å². The Labute approximate surface area is 127 Å². The van der Waals surface area contributed by atoms with Gasteiger partial charge >= 0.3 is 0 Å². The summed E-state index contributed by atoms with van der Waals surface area (Å²) < 4.78 is 5.60. The van der Waals surface area contributed by atoms with Crippen LogP contribution in [-0.4, -0.2) is 18.9 Å². The smallest absolute Gasteiger partial charge is 0.124 e. The maximum atomic E-state index is 5.60. The second kappa shape index (κ2) is 7.94. The number of benzene rings is 1. The van der Waals surface area contributed by atoms with E-state index in [-0.39, 0.29) is 0 Å². The first-order valence-electron chi connectivity index (χ1n) is 7.83. The molecule has 1 aromatic rings. The Morgan fingerprint density at radius 3 is 2.75 bits per heavy atom. The largest absolute Gasteiger partial charge is 0.496 e. The number of thioether (sulfide) groups is 1. The first kappa shape index (κ1) is 15.7. The number of rotatable bonds is 7. The van der Waals surface area contributed by atoms with Gasteiger partial charge in [0.2, 0.25) is 0 Å². The predicted molar refractivity (Wildman–Crippen MR) is 87.8 cm³/mol. The minimum absolute atomic E-state index is 0.343. The van der Waals surface area contributed by atoms with Crippen molar-refractivity contribution in [3.8, 4) is 5.75 Å². The van der Waals surface area contributed by atoms with Crippen molar-refractivity contribution in [3.05, 3.63) is 23.8 Å². The van der Waals surface area contributed by atoms with Crippen molar-refractivity contribution >= 4 is 11.8 Å². The summed E-state index contributed by atoms with van der Waals surface area (Å²) in [6.07, 6.45) is 6.65. The third kappa shape index (κ3) is 3.92. The Kier molecular flexibility index (Phi) is 6.24. The quantitative estimate of drug-likeness (QED) is 0.781. The van der Waals surface area contributed by atoms with Gasteiger partial charge in [0.1, 0.15) is 5.75 Å². The lowest BCUT2D eigenvalue weighted by molar-refractivity contribution is 0.399. The molecule has 1 unspecified atom stereocenters. The molecule has 1 saturated carbocycles. The number of nitrogens with one attached hydrogen (secondary N) is 1. The average molecular weight is 293 g/mol. The molecular formula is C17H27NOS. The van der Waals surface area contributed by atoms with Gasteiger partial charge in [0.15, 0.2) is 0 Å². The molecule has 0 aromatic heterocycles. The fourth-order valence-electron chi connectivity index (χ4n) is 2.88. The predicted octanol–water partition coefficient (Wildman–Crippen LogP) is 4.79. The lowest BCUT2D eigenvalue weighted by atomic mass is 10.1. The standard InChI is InChI=1S/C17H27NOS/c1-4-12-18-13(2)17-15(19-3)10-7-11-16(17)20-14-8-5-6-9-14/h7,10-11,13-14,18H,4-6,8-9,12H2,1-3H3. The Bertz CT molecular complexity index is 415. The lowest BCUT2D eigenvalue weighted by Crippen LogP contribution is -2.20. The summed E-state index contributed by atoms with van der Waals surface area (Å²) in [5, 5.41) is 4.39. The van der Waals surface area contributed by atoms with E-state index in [1.54, 1.807) is 7.11 Å². The summed E-state index contributed by atoms with van der Waals surface area (Å²) in [5.41, 5.74) is 1.33. The molecule has 1 aromatic carbocycles. The highest BCUT2D eigenvalue weighted by molar-refractivity contribution is 8.00. The van der Waals surface area contributed by atoms with E-state index in [9.17, 15) is 0 Å². The van der Waals surface area contributed by atoms with Gasteiger partial charge < -0.3 is 10.1 Å². The van der Waals surface area contributed by atoms with E-state index >= 15 is 0 Å². The van der Waals surface area contributed by atoms with Crippen molar-refractivity contribution in [2.24, 2.45) is 0 Å². The Morgan fingerprint density at radius 2 is 2.10 bits per heavy atom. The molecule has 1 aliphatic rings. The first-order chi connectivity index (χ1) is 9.76. The molecule has 1 atom stereocenters. The summed E-state index contributed by atoms with van der Waals surface area (Å²) in [6.45, 7) is 5.50. The molecule has 1 fully saturated rings. The van der Waals surface area contributed by atoms with Gasteiger partial charge in [0, 0.05) is 21.8 Å². The third-order valence-corrected chi connectivity index (χ3v) is 5.39. The molecule has 112 valence electrons. The van der Waals surface area contributed by atoms with Crippen molar-refractivity contribution in [1.82, 2.24) is 5.32 Å². The monoisotopic (exact) mass is 293 g/mol. The van der Waals surface area contributed by atoms with Crippen molar-refractivity contribution in [2.75, 3.05) is 13.7 Å². The fourth-order valence-corrected chi connectivity index (χ4v) is 4.37. The molecule has 3 heteroatoms. The zero-order valence-electron chi connectivity index (χ0n) is 12.9. The van der Waals surface area contributed by atoms with Crippen LogP contribution in [0, 0.1) is 0 Å². The van der Waals surface area contributed by atoms with Crippen LogP contribution < -0.4 is 10.1 Å². The molecule has 0 aliphatic heterocycles. The van der Waals surface area contributed by atoms with Crippen LogP contribution in [-0.2, 0) is 0 Å². The maximum absolute atomic E-state index is 5.60. The van der Waals surface area contributed by atoms with Crippen LogP contribution in [0.25, 0.3) is 0 Å². The van der Waals surface area contributed by atoms with E-state index in [0.29, 0.717) is 6.04 Å². The highest BCUT2D eigenvalue weighted by atomic mass is 32.2. The van der Waals surface area contributed by atoms with Crippen LogP contribution in [0.15, 0.2) is 23.1 Å². The minimum Gasteiger partial charge on any atom is -0.496 e. The Hall–Kier alpha value is -0.670. The van der Waals surface area contributed by atoms with Gasteiger partial charge in [0.25, 0.3) is 0 Å². The number of hydrogen-bond acceptors (Lipinski definition) is 3. The van der Waals surface area contributed by atoms with E-state index < -0.39 is 0 Å². The van der Waals surface area contributed by atoms with Crippen LogP contribution in [0.3, 0.4) is 0 Å². The minimum atomic E-state index is 0.343. The van der Waals surface area contributed by atoms with Crippen molar-refractivity contribution < 1.29 is 4.74 Å². The van der Waals surface area contributed by atoms with Gasteiger partial charge in [-0.05, 0) is 44.9 Å². The second-order valence-corrected chi connectivity index (χ2v) is 6.91. The van der Waals surface area contributed by atoms with Crippen LogP contribution in [0.1, 0.15) is 57.6 Å². The molecule has 0 saturated heterocycles. The molecule has 0 amide bonds. The second-order valence-electron chi connectivity index (χ2n) is 5.57. The highest BCUT2D eigenvalue weighted by Gasteiger charge is 2.21. The Morgan fingerprint density at radius 1 is 1.35 bits per heavy atom. The summed E-state index contributed by atoms with van der Waals surface area (Å²) in [7, 11) is 1.77. The normalized spacial score (nSPS) is 17.4. The van der Waals surface area contributed by atoms with Gasteiger partial charge in [-0.2, -0.15) is 0 Å². The highest BCUT2D eigenvalue weighted by Crippen LogP contribution is 2.41. The third-order valence-electron chi connectivity index (χ3n) is 3.98. The molecule has 0 heterocycles. The average Bonchev–Trinajstić information content (AvgIpc) is 2.97. The summed E-state index contributed by atoms with van der Waals surface area (Å²) in [5.74, 6) is 1.02. The van der Waals surface area contributed by atoms with E-state index in [2.05, 4.69) is 37.4 Å². The molecule has 1 N–H and O–H groups in total. The van der Waals surface area contributed by atoms with Crippen LogP contribution in [0.2, 0.25) is 0 Å². The SMILES string of the molecule is CCCNC(C)c1c(OC)cccc1SC1CCCC1. The molecule has 0 bridgehead atoms. The zero-order valence-corrected chi connectivity index (χ0v) is 13.8. The molecule has 0 spiro atoms. The molecule has 1 aliphatic carbocycles. The van der Waals surface area contributed by atoms with Gasteiger partial charge in [-0.1, -0.05) is 25.8 Å². The fraction of sp³-hybridized carbons (Fsp3) is 0.647. The van der Waals surface area contributed by atoms with Gasteiger partial charge in [-0.25, -0.2) is 0 Å². The summed E-state index contributed by atoms with van der Waals surface area (Å²) in [6, 6.07) is 6.80. The summed E-state index contributed by atoms with van der Waals surface area (Å²) >= 11 is 2.05. The maximum Gasteiger partial charge on any atom is 0.124 e. The van der Waals surface area contributed by atoms with Gasteiger partial charge in [-0.15, -0.1) is 11.8 Å². The van der Waals surface area contributed by atoms with Crippen molar-refractivity contribution in [1.29, 1.82) is 0 Å². The van der Waals surface area contributed by atoms with Crippen LogP contribution in [0.4, 0.5) is 0 Å². The first-order valence-corrected chi connectivity index (χ1v) is 8.71. The van der Waals surface area contributed by atoms with Gasteiger partial charge in [-0.3, -0.25) is 0 Å². The van der Waals surface area contributed by atoms with Gasteiger partial charge in [0.05, 0.1) is 7.11 Å². The van der Waals surface area contributed by atoms with Crippen molar-refractivity contribution in [3.63, 3.8) is 0 Å². The number of methoxy groups -OCH3 is 1.